The monoisotopic (exact) mass is 536 g/mol. The lowest BCUT2D eigenvalue weighted by atomic mass is 9.42. The summed E-state index contributed by atoms with van der Waals surface area (Å²) < 4.78 is 17.1. The first-order chi connectivity index (χ1) is 17.9. The summed E-state index contributed by atoms with van der Waals surface area (Å²) in [4.78, 5) is 11.8. The van der Waals surface area contributed by atoms with E-state index in [4.69, 9.17) is 14.2 Å². The molecule has 1 unspecified atom stereocenters. The second-order valence-corrected chi connectivity index (χ2v) is 13.6. The third-order valence-electron chi connectivity index (χ3n) is 12.2. The molecule has 1 saturated heterocycles. The molecule has 0 amide bonds. The van der Waals surface area contributed by atoms with Crippen molar-refractivity contribution >= 4 is 5.97 Å². The fourth-order valence-corrected chi connectivity index (χ4v) is 9.79. The van der Waals surface area contributed by atoms with E-state index in [0.717, 1.165) is 44.1 Å². The highest BCUT2D eigenvalue weighted by Gasteiger charge is 2.70. The normalized spacial score (nSPS) is 56.5. The minimum absolute atomic E-state index is 0.0559. The van der Waals surface area contributed by atoms with Gasteiger partial charge in [0.15, 0.2) is 6.29 Å². The van der Waals surface area contributed by atoms with Crippen LogP contribution >= 0.6 is 0 Å². The maximum Gasteiger partial charge on any atom is 0.331 e. The van der Waals surface area contributed by atoms with Crippen molar-refractivity contribution in [3.8, 4) is 0 Å². The van der Waals surface area contributed by atoms with Crippen LogP contribution in [0.15, 0.2) is 11.6 Å². The molecule has 2 heterocycles. The summed E-state index contributed by atoms with van der Waals surface area (Å²) in [5.74, 6) is 0.206. The van der Waals surface area contributed by atoms with E-state index in [1.165, 1.54) is 0 Å². The second-order valence-electron chi connectivity index (χ2n) is 13.6. The molecule has 9 heteroatoms. The first-order valence-electron chi connectivity index (χ1n) is 14.5. The van der Waals surface area contributed by atoms with E-state index in [2.05, 4.69) is 6.92 Å². The number of cyclic esters (lactones) is 1. The van der Waals surface area contributed by atoms with Crippen LogP contribution in [0, 0.1) is 34.5 Å². The molecule has 4 saturated carbocycles. The highest BCUT2D eigenvalue weighted by Crippen LogP contribution is 2.70. The van der Waals surface area contributed by atoms with E-state index < -0.39 is 47.8 Å². The Bertz CT molecular complexity index is 985. The van der Waals surface area contributed by atoms with Crippen LogP contribution in [-0.4, -0.2) is 86.6 Å². The summed E-state index contributed by atoms with van der Waals surface area (Å²) in [6, 6.07) is 0. The maximum atomic E-state index is 12.4. The predicted octanol–water partition coefficient (Wildman–Crippen LogP) is 1.43. The van der Waals surface area contributed by atoms with Gasteiger partial charge in [-0.1, -0.05) is 13.8 Å². The van der Waals surface area contributed by atoms with Crippen molar-refractivity contribution in [2.45, 2.75) is 121 Å². The van der Waals surface area contributed by atoms with E-state index in [1.807, 2.05) is 6.92 Å². The molecule has 0 aromatic heterocycles. The van der Waals surface area contributed by atoms with E-state index in [1.54, 1.807) is 13.0 Å². The minimum atomic E-state index is -1.31. The number of carbonyl (C=O) groups is 1. The summed E-state index contributed by atoms with van der Waals surface area (Å²) in [5.41, 5.74) is -0.864. The molecule has 5 N–H and O–H groups in total. The van der Waals surface area contributed by atoms with Crippen LogP contribution in [0.2, 0.25) is 0 Å². The lowest BCUT2D eigenvalue weighted by molar-refractivity contribution is -0.311. The van der Waals surface area contributed by atoms with Gasteiger partial charge >= 0.3 is 5.97 Å². The average molecular weight is 537 g/mol. The molecule has 0 spiro atoms. The summed E-state index contributed by atoms with van der Waals surface area (Å²) in [5, 5.41) is 54.7. The van der Waals surface area contributed by atoms with Crippen LogP contribution in [0.3, 0.4) is 0 Å². The van der Waals surface area contributed by atoms with Crippen molar-refractivity contribution in [2.24, 2.45) is 34.5 Å². The maximum absolute atomic E-state index is 12.4. The van der Waals surface area contributed by atoms with Crippen molar-refractivity contribution in [3.05, 3.63) is 11.6 Å². The van der Waals surface area contributed by atoms with Gasteiger partial charge < -0.3 is 39.7 Å². The average Bonchev–Trinajstić information content (AvgIpc) is 3.43. The van der Waals surface area contributed by atoms with Crippen molar-refractivity contribution in [1.29, 1.82) is 0 Å². The van der Waals surface area contributed by atoms with E-state index in [0.29, 0.717) is 18.8 Å². The van der Waals surface area contributed by atoms with Crippen molar-refractivity contribution < 1.29 is 44.5 Å². The Morgan fingerprint density at radius 2 is 1.71 bits per heavy atom. The lowest BCUT2D eigenvalue weighted by Gasteiger charge is -2.65. The van der Waals surface area contributed by atoms with Crippen LogP contribution < -0.4 is 0 Å². The summed E-state index contributed by atoms with van der Waals surface area (Å²) in [6.07, 6.45) is 1.60. The Morgan fingerprint density at radius 3 is 2.42 bits per heavy atom. The van der Waals surface area contributed by atoms with Crippen molar-refractivity contribution in [1.82, 2.24) is 0 Å². The number of rotatable bonds is 3. The summed E-state index contributed by atoms with van der Waals surface area (Å²) in [6.45, 7) is 6.25. The fraction of sp³-hybridized carbons (Fsp3) is 0.897. The Balaban J connectivity index is 1.19. The predicted molar refractivity (Wildman–Crippen MR) is 134 cm³/mol. The summed E-state index contributed by atoms with van der Waals surface area (Å²) in [7, 11) is 0. The highest BCUT2D eigenvalue weighted by molar-refractivity contribution is 5.85. The quantitative estimate of drug-likeness (QED) is 0.267. The van der Waals surface area contributed by atoms with E-state index in [-0.39, 0.29) is 41.8 Å². The smallest absolute Gasteiger partial charge is 0.331 e. The fourth-order valence-electron chi connectivity index (χ4n) is 9.79. The molecule has 0 radical (unpaired) electrons. The number of hydrogen-bond acceptors (Lipinski definition) is 9. The van der Waals surface area contributed by atoms with Crippen molar-refractivity contribution in [2.75, 3.05) is 6.61 Å². The van der Waals surface area contributed by atoms with Gasteiger partial charge in [0.2, 0.25) is 0 Å². The number of ether oxygens (including phenoxy) is 3. The zero-order valence-electron chi connectivity index (χ0n) is 22.7. The molecule has 14 atom stereocenters. The molecular weight excluding hydrogens is 492 g/mol. The SMILES string of the molecule is C[C@@H]1OC(O[C@H]2CC[C@@]3(C)[C@H](CC[C@@H]4[C@@H]3C[C@@H](O)[C@]3(C)[C@@H](C5=CC(=O)OC5)CC[C@]43O)C2)[C@@H](O)[C@H](O)[C@@H]1O. The van der Waals surface area contributed by atoms with Gasteiger partial charge in [0.1, 0.15) is 24.9 Å². The topological polar surface area (TPSA) is 146 Å². The van der Waals surface area contributed by atoms with Crippen LogP contribution in [0.1, 0.15) is 72.1 Å². The molecule has 2 aliphatic heterocycles. The van der Waals surface area contributed by atoms with Crippen molar-refractivity contribution in [3.63, 3.8) is 0 Å². The number of esters is 1. The highest BCUT2D eigenvalue weighted by atomic mass is 16.7. The number of fused-ring (bicyclic) bond motifs is 5. The van der Waals surface area contributed by atoms with Gasteiger partial charge in [-0.3, -0.25) is 0 Å². The van der Waals surface area contributed by atoms with Gasteiger partial charge in [-0.15, -0.1) is 0 Å². The molecule has 214 valence electrons. The second kappa shape index (κ2) is 9.23. The largest absolute Gasteiger partial charge is 0.458 e. The molecule has 9 nitrogen and oxygen atoms in total. The third-order valence-corrected chi connectivity index (χ3v) is 12.2. The van der Waals surface area contributed by atoms with Crippen LogP contribution in [0.5, 0.6) is 0 Å². The molecule has 0 aromatic rings. The zero-order chi connectivity index (χ0) is 27.2. The Morgan fingerprint density at radius 1 is 0.947 bits per heavy atom. The lowest BCUT2D eigenvalue weighted by Crippen LogP contribution is -2.67. The number of hydrogen-bond donors (Lipinski definition) is 5. The minimum Gasteiger partial charge on any atom is -0.458 e. The molecule has 6 rings (SSSR count). The number of carbonyl (C=O) groups excluding carboxylic acids is 1. The molecular formula is C29H44O9. The first-order valence-corrected chi connectivity index (χ1v) is 14.5. The molecule has 6 aliphatic rings. The van der Waals surface area contributed by atoms with Gasteiger partial charge in [-0.2, -0.15) is 0 Å². The molecule has 38 heavy (non-hydrogen) atoms. The zero-order valence-corrected chi connectivity index (χ0v) is 22.7. The van der Waals surface area contributed by atoms with E-state index >= 15 is 0 Å². The first kappa shape index (κ1) is 27.1. The number of aliphatic hydroxyl groups excluding tert-OH is 4. The Kier molecular flexibility index (Phi) is 6.58. The van der Waals surface area contributed by atoms with Gasteiger partial charge in [-0.05, 0) is 93.0 Å². The third kappa shape index (κ3) is 3.72. The Hall–Kier alpha value is -1.07. The Labute approximate surface area is 224 Å². The van der Waals surface area contributed by atoms with Gasteiger partial charge in [0.05, 0.1) is 23.9 Å². The van der Waals surface area contributed by atoms with Gasteiger partial charge in [0.25, 0.3) is 0 Å². The van der Waals surface area contributed by atoms with Gasteiger partial charge in [-0.25, -0.2) is 4.79 Å². The molecule has 5 fully saturated rings. The van der Waals surface area contributed by atoms with Crippen LogP contribution in [0.4, 0.5) is 0 Å². The number of aliphatic hydroxyl groups is 5. The standard InChI is InChI=1S/C29H44O9/c1-14-23(32)24(33)25(34)26(37-14)38-17-6-8-27(2)16(11-17)4-5-19-20(27)12-21(30)28(3)18(7-9-29(19,28)35)15-10-22(31)36-13-15/h10,14,16-21,23-26,30,32-35H,4-9,11-13H2,1-3H3/t14-,16+,17-,18+,19+,20-,21+,23+,24+,25-,26?,27-,28-,29-/m0/s1. The van der Waals surface area contributed by atoms with Gasteiger partial charge in [0, 0.05) is 11.5 Å². The summed E-state index contributed by atoms with van der Waals surface area (Å²) >= 11 is 0. The van der Waals surface area contributed by atoms with Crippen LogP contribution in [0.25, 0.3) is 0 Å². The molecule has 0 bridgehead atoms. The van der Waals surface area contributed by atoms with E-state index in [9.17, 15) is 30.3 Å². The molecule has 0 aromatic carbocycles. The van der Waals surface area contributed by atoms with Crippen LogP contribution in [-0.2, 0) is 19.0 Å². The molecule has 4 aliphatic carbocycles.